The average molecular weight is 353 g/mol. The van der Waals surface area contributed by atoms with Crippen LogP contribution < -0.4 is 0 Å². The fraction of sp³-hybridized carbons (Fsp3) is 0.429. The molecule has 2 saturated heterocycles. The molecule has 4 rings (SSSR count). The first-order chi connectivity index (χ1) is 12.7. The number of nitrogens with zero attached hydrogens (tertiary/aromatic N) is 3. The van der Waals surface area contributed by atoms with Crippen molar-refractivity contribution in [3.63, 3.8) is 0 Å². The van der Waals surface area contributed by atoms with Crippen LogP contribution in [0.3, 0.4) is 0 Å². The first kappa shape index (κ1) is 17.2. The number of hydrogen-bond acceptors (Lipinski definition) is 3. The number of piperidine rings is 1. The van der Waals surface area contributed by atoms with Gasteiger partial charge in [-0.15, -0.1) is 0 Å². The Hall–Kier alpha value is -2.27. The van der Waals surface area contributed by atoms with Gasteiger partial charge in [0.05, 0.1) is 0 Å². The van der Waals surface area contributed by atoms with Gasteiger partial charge in [0.15, 0.2) is 0 Å². The van der Waals surface area contributed by atoms with E-state index in [4.69, 9.17) is 0 Å². The van der Waals surface area contributed by atoms with Crippen LogP contribution in [0, 0.1) is 5.82 Å². The molecule has 0 N–H and O–H groups in total. The number of likely N-dealkylation sites (tertiary alicyclic amines) is 2. The van der Waals surface area contributed by atoms with Gasteiger partial charge in [-0.3, -0.25) is 9.78 Å². The minimum atomic E-state index is -0.351. The zero-order valence-corrected chi connectivity index (χ0v) is 14.9. The van der Waals surface area contributed by atoms with Crippen LogP contribution >= 0.6 is 0 Å². The molecule has 2 aliphatic heterocycles. The minimum absolute atomic E-state index is 0.0675. The summed E-state index contributed by atoms with van der Waals surface area (Å²) >= 11 is 0. The maximum atomic E-state index is 13.8. The fourth-order valence-electron chi connectivity index (χ4n) is 4.09. The van der Waals surface area contributed by atoms with Gasteiger partial charge in [-0.1, -0.05) is 12.1 Å². The lowest BCUT2D eigenvalue weighted by molar-refractivity contribution is 0.0644. The van der Waals surface area contributed by atoms with E-state index in [0.29, 0.717) is 22.9 Å². The quantitative estimate of drug-likeness (QED) is 0.846. The summed E-state index contributed by atoms with van der Waals surface area (Å²) in [5.41, 5.74) is 1.66. The molecule has 26 heavy (non-hydrogen) atoms. The van der Waals surface area contributed by atoms with Gasteiger partial charge in [0.1, 0.15) is 11.5 Å². The summed E-state index contributed by atoms with van der Waals surface area (Å²) in [7, 11) is 0. The molecular weight excluding hydrogens is 329 g/mol. The number of rotatable bonds is 3. The van der Waals surface area contributed by atoms with Gasteiger partial charge >= 0.3 is 0 Å². The highest BCUT2D eigenvalue weighted by molar-refractivity contribution is 5.94. The predicted octanol–water partition coefficient (Wildman–Crippen LogP) is 3.59. The molecule has 0 saturated carbocycles. The monoisotopic (exact) mass is 353 g/mol. The Balaban J connectivity index is 1.40. The molecule has 1 amide bonds. The highest BCUT2D eigenvalue weighted by atomic mass is 19.1. The number of aromatic nitrogens is 1. The Morgan fingerprint density at radius 3 is 2.35 bits per heavy atom. The van der Waals surface area contributed by atoms with Gasteiger partial charge in [-0.25, -0.2) is 4.39 Å². The summed E-state index contributed by atoms with van der Waals surface area (Å²) in [6, 6.07) is 10.7. The van der Waals surface area contributed by atoms with Crippen molar-refractivity contribution in [3.05, 3.63) is 54.0 Å². The molecule has 2 fully saturated rings. The van der Waals surface area contributed by atoms with E-state index in [1.807, 2.05) is 4.90 Å². The smallest absolute Gasteiger partial charge is 0.253 e. The van der Waals surface area contributed by atoms with E-state index >= 15 is 0 Å². The van der Waals surface area contributed by atoms with Gasteiger partial charge in [-0.2, -0.15) is 0 Å². The number of carbonyl (C=O) groups excluding carboxylic acids is 1. The molecule has 1 aromatic heterocycles. The fourth-order valence-corrected chi connectivity index (χ4v) is 4.09. The molecule has 3 heterocycles. The van der Waals surface area contributed by atoms with Gasteiger partial charge in [0.25, 0.3) is 5.91 Å². The zero-order valence-electron chi connectivity index (χ0n) is 14.9. The molecule has 136 valence electrons. The maximum Gasteiger partial charge on any atom is 0.253 e. The van der Waals surface area contributed by atoms with Crippen molar-refractivity contribution >= 4 is 5.91 Å². The number of carbonyl (C=O) groups is 1. The number of hydrogen-bond donors (Lipinski definition) is 0. The lowest BCUT2D eigenvalue weighted by Crippen LogP contribution is -2.45. The van der Waals surface area contributed by atoms with E-state index in [-0.39, 0.29) is 11.7 Å². The summed E-state index contributed by atoms with van der Waals surface area (Å²) in [5.74, 6) is -0.284. The van der Waals surface area contributed by atoms with Crippen molar-refractivity contribution in [1.29, 1.82) is 0 Å². The Kier molecular flexibility index (Phi) is 4.98. The molecule has 2 aliphatic rings. The van der Waals surface area contributed by atoms with Crippen LogP contribution in [-0.2, 0) is 0 Å². The van der Waals surface area contributed by atoms with Crippen molar-refractivity contribution in [1.82, 2.24) is 14.8 Å². The van der Waals surface area contributed by atoms with Crippen LogP contribution in [0.4, 0.5) is 4.39 Å². The van der Waals surface area contributed by atoms with E-state index in [1.54, 1.807) is 36.5 Å². The number of benzene rings is 1. The molecular formula is C21H24FN3O. The Morgan fingerprint density at radius 2 is 1.69 bits per heavy atom. The van der Waals surface area contributed by atoms with E-state index in [2.05, 4.69) is 9.88 Å². The highest BCUT2D eigenvalue weighted by Crippen LogP contribution is 2.24. The van der Waals surface area contributed by atoms with Crippen LogP contribution in [0.1, 0.15) is 36.0 Å². The molecule has 0 atom stereocenters. The minimum Gasteiger partial charge on any atom is -0.339 e. The third-order valence-electron chi connectivity index (χ3n) is 5.57. The lowest BCUT2D eigenvalue weighted by atomic mass is 10.0. The number of amides is 1. The van der Waals surface area contributed by atoms with Crippen LogP contribution in [0.2, 0.25) is 0 Å². The number of halogens is 1. The van der Waals surface area contributed by atoms with Crippen LogP contribution in [0.25, 0.3) is 11.3 Å². The Labute approximate surface area is 153 Å². The molecule has 0 unspecified atom stereocenters. The van der Waals surface area contributed by atoms with Crippen LogP contribution in [0.15, 0.2) is 42.6 Å². The van der Waals surface area contributed by atoms with Crippen molar-refractivity contribution in [2.45, 2.75) is 31.7 Å². The van der Waals surface area contributed by atoms with Crippen LogP contribution in [0.5, 0.6) is 0 Å². The molecule has 0 aliphatic carbocycles. The van der Waals surface area contributed by atoms with E-state index < -0.39 is 0 Å². The first-order valence-electron chi connectivity index (χ1n) is 9.46. The van der Waals surface area contributed by atoms with Crippen molar-refractivity contribution < 1.29 is 9.18 Å². The van der Waals surface area contributed by atoms with E-state index in [0.717, 1.165) is 25.9 Å². The summed E-state index contributed by atoms with van der Waals surface area (Å²) in [6.45, 7) is 4.06. The normalized spacial score (nSPS) is 19.0. The standard InChI is InChI=1S/C21H24FN3O/c22-19-4-3-11-23-20(19)16-5-7-17(8-6-16)21(26)25-14-9-18(10-15-25)24-12-1-2-13-24/h3-8,11,18H,1-2,9-10,12-15H2. The summed E-state index contributed by atoms with van der Waals surface area (Å²) in [4.78, 5) is 21.4. The first-order valence-corrected chi connectivity index (χ1v) is 9.46. The Bertz CT molecular complexity index is 763. The molecule has 0 radical (unpaired) electrons. The second kappa shape index (κ2) is 7.54. The van der Waals surface area contributed by atoms with Gasteiger partial charge in [0, 0.05) is 36.5 Å². The average Bonchev–Trinajstić information content (AvgIpc) is 3.23. The van der Waals surface area contributed by atoms with E-state index in [1.165, 1.54) is 32.0 Å². The van der Waals surface area contributed by atoms with Crippen molar-refractivity contribution in [2.24, 2.45) is 0 Å². The lowest BCUT2D eigenvalue weighted by Gasteiger charge is -2.36. The zero-order chi connectivity index (χ0) is 17.9. The van der Waals surface area contributed by atoms with Crippen molar-refractivity contribution in [2.75, 3.05) is 26.2 Å². The van der Waals surface area contributed by atoms with Crippen LogP contribution in [-0.4, -0.2) is 52.9 Å². The second-order valence-corrected chi connectivity index (χ2v) is 7.18. The molecule has 4 nitrogen and oxygen atoms in total. The molecule has 2 aromatic rings. The summed E-state index contributed by atoms with van der Waals surface area (Å²) in [5, 5.41) is 0. The predicted molar refractivity (Wildman–Crippen MR) is 99.4 cm³/mol. The third-order valence-corrected chi connectivity index (χ3v) is 5.57. The second-order valence-electron chi connectivity index (χ2n) is 7.18. The SMILES string of the molecule is O=C(c1ccc(-c2ncccc2F)cc1)N1CCC(N2CCCC2)CC1. The third kappa shape index (κ3) is 3.49. The maximum absolute atomic E-state index is 13.8. The van der Waals surface area contributed by atoms with E-state index in [9.17, 15) is 9.18 Å². The molecule has 0 spiro atoms. The molecule has 1 aromatic carbocycles. The summed E-state index contributed by atoms with van der Waals surface area (Å²) < 4.78 is 13.8. The topological polar surface area (TPSA) is 36.4 Å². The van der Waals surface area contributed by atoms with Gasteiger partial charge in [0.2, 0.25) is 0 Å². The van der Waals surface area contributed by atoms with Gasteiger partial charge < -0.3 is 9.80 Å². The van der Waals surface area contributed by atoms with Gasteiger partial charge in [-0.05, 0) is 63.0 Å². The Morgan fingerprint density at radius 1 is 1.00 bits per heavy atom. The van der Waals surface area contributed by atoms with Crippen molar-refractivity contribution in [3.8, 4) is 11.3 Å². The summed E-state index contributed by atoms with van der Waals surface area (Å²) in [6.07, 6.45) is 6.30. The largest absolute Gasteiger partial charge is 0.339 e. The number of pyridine rings is 1. The molecule has 5 heteroatoms. The highest BCUT2D eigenvalue weighted by Gasteiger charge is 2.28. The molecule has 0 bridgehead atoms.